The first-order valence-corrected chi connectivity index (χ1v) is 7.86. The number of methoxy groups -OCH3 is 1. The van der Waals surface area contributed by atoms with Gasteiger partial charge in [-0.3, -0.25) is 0 Å². The molecule has 0 aliphatic heterocycles. The molecule has 1 N–H and O–H groups in total. The Kier molecular flexibility index (Phi) is 5.20. The van der Waals surface area contributed by atoms with Gasteiger partial charge in [0, 0.05) is 18.7 Å². The van der Waals surface area contributed by atoms with Crippen molar-refractivity contribution in [1.82, 2.24) is 25.2 Å². The summed E-state index contributed by atoms with van der Waals surface area (Å²) in [6.07, 6.45) is 0. The molecule has 0 atom stereocenters. The summed E-state index contributed by atoms with van der Waals surface area (Å²) in [6.45, 7) is 1.71. The molecule has 8 nitrogen and oxygen atoms in total. The van der Waals surface area contributed by atoms with Gasteiger partial charge in [-0.1, -0.05) is 5.16 Å². The lowest BCUT2D eigenvalue weighted by molar-refractivity contribution is 0.414. The van der Waals surface area contributed by atoms with Crippen molar-refractivity contribution >= 4 is 5.82 Å². The van der Waals surface area contributed by atoms with Crippen LogP contribution in [0.15, 0.2) is 40.9 Å². The van der Waals surface area contributed by atoms with Gasteiger partial charge < -0.3 is 19.5 Å². The predicted octanol–water partition coefficient (Wildman–Crippen LogP) is 2.18. The molecular formula is C17H20N6O2. The molecule has 0 aliphatic carbocycles. The third-order valence-electron chi connectivity index (χ3n) is 3.52. The zero-order chi connectivity index (χ0) is 17.6. The van der Waals surface area contributed by atoms with Crippen LogP contribution >= 0.6 is 0 Å². The van der Waals surface area contributed by atoms with E-state index in [0.29, 0.717) is 23.2 Å². The van der Waals surface area contributed by atoms with E-state index in [-0.39, 0.29) is 0 Å². The lowest BCUT2D eigenvalue weighted by Gasteiger charge is -2.10. The molecule has 0 bridgehead atoms. The fraction of sp³-hybridized carbons (Fsp3) is 0.294. The van der Waals surface area contributed by atoms with Crippen molar-refractivity contribution in [3.8, 4) is 28.7 Å². The lowest BCUT2D eigenvalue weighted by atomic mass is 10.2. The Balaban J connectivity index is 1.69. The van der Waals surface area contributed by atoms with Gasteiger partial charge >= 0.3 is 0 Å². The minimum Gasteiger partial charge on any atom is -0.497 e. The molecule has 1 aromatic carbocycles. The van der Waals surface area contributed by atoms with E-state index in [1.165, 1.54) is 0 Å². The molecule has 3 aromatic rings. The highest BCUT2D eigenvalue weighted by Gasteiger charge is 2.12. The van der Waals surface area contributed by atoms with Crippen LogP contribution in [-0.2, 0) is 0 Å². The molecule has 0 saturated carbocycles. The summed E-state index contributed by atoms with van der Waals surface area (Å²) in [5, 5.41) is 15.5. The molecular weight excluding hydrogens is 320 g/mol. The number of aromatic nitrogens is 4. The maximum Gasteiger partial charge on any atom is 0.278 e. The van der Waals surface area contributed by atoms with Gasteiger partial charge in [-0.25, -0.2) is 0 Å². The average molecular weight is 340 g/mol. The highest BCUT2D eigenvalue weighted by molar-refractivity contribution is 5.59. The summed E-state index contributed by atoms with van der Waals surface area (Å²) in [5.74, 6) is 2.31. The monoisotopic (exact) mass is 340 g/mol. The fourth-order valence-corrected chi connectivity index (χ4v) is 2.13. The molecule has 8 heteroatoms. The van der Waals surface area contributed by atoms with Crippen molar-refractivity contribution in [2.45, 2.75) is 0 Å². The molecule has 3 rings (SSSR count). The summed E-state index contributed by atoms with van der Waals surface area (Å²) in [4.78, 5) is 6.46. The number of rotatable bonds is 7. The normalized spacial score (nSPS) is 10.9. The van der Waals surface area contributed by atoms with Crippen molar-refractivity contribution in [3.05, 3.63) is 36.4 Å². The Bertz CT molecular complexity index is 799. The Morgan fingerprint density at radius 2 is 1.88 bits per heavy atom. The molecule has 0 fully saturated rings. The second-order valence-corrected chi connectivity index (χ2v) is 5.69. The zero-order valence-corrected chi connectivity index (χ0v) is 14.4. The smallest absolute Gasteiger partial charge is 0.278 e. The largest absolute Gasteiger partial charge is 0.497 e. The second-order valence-electron chi connectivity index (χ2n) is 5.69. The lowest BCUT2D eigenvalue weighted by Crippen LogP contribution is -2.21. The third-order valence-corrected chi connectivity index (χ3v) is 3.52. The van der Waals surface area contributed by atoms with Crippen LogP contribution in [-0.4, -0.2) is 59.5 Å². The third kappa shape index (κ3) is 4.30. The summed E-state index contributed by atoms with van der Waals surface area (Å²) >= 11 is 0. The van der Waals surface area contributed by atoms with Gasteiger partial charge in [0.05, 0.1) is 7.11 Å². The van der Waals surface area contributed by atoms with E-state index >= 15 is 0 Å². The van der Waals surface area contributed by atoms with Crippen molar-refractivity contribution in [2.24, 2.45) is 0 Å². The topological polar surface area (TPSA) is 89.2 Å². The molecule has 0 aliphatic rings. The van der Waals surface area contributed by atoms with Crippen LogP contribution in [0.5, 0.6) is 5.75 Å². The number of likely N-dealkylation sites (N-methyl/N-ethyl adjacent to an activating group) is 1. The van der Waals surface area contributed by atoms with Gasteiger partial charge in [-0.15, -0.1) is 10.2 Å². The maximum absolute atomic E-state index is 5.29. The van der Waals surface area contributed by atoms with Gasteiger partial charge in [-0.05, 0) is 50.5 Å². The Morgan fingerprint density at radius 3 is 2.52 bits per heavy atom. The van der Waals surface area contributed by atoms with Gasteiger partial charge in [0.1, 0.15) is 11.6 Å². The number of benzene rings is 1. The molecule has 0 spiro atoms. The number of anilines is 1. The first-order chi connectivity index (χ1) is 12.2. The average Bonchev–Trinajstić information content (AvgIpc) is 3.12. The van der Waals surface area contributed by atoms with E-state index in [9.17, 15) is 0 Å². The van der Waals surface area contributed by atoms with Crippen LogP contribution < -0.4 is 10.1 Å². The molecule has 0 unspecified atom stereocenters. The molecule has 0 amide bonds. The van der Waals surface area contributed by atoms with Gasteiger partial charge in [-0.2, -0.15) is 4.98 Å². The van der Waals surface area contributed by atoms with Gasteiger partial charge in [0.25, 0.3) is 5.89 Å². The number of hydrogen-bond donors (Lipinski definition) is 1. The number of nitrogens with one attached hydrogen (secondary N) is 1. The van der Waals surface area contributed by atoms with E-state index in [1.807, 2.05) is 44.4 Å². The van der Waals surface area contributed by atoms with E-state index < -0.39 is 0 Å². The van der Waals surface area contributed by atoms with Crippen LogP contribution in [0.4, 0.5) is 5.82 Å². The van der Waals surface area contributed by atoms with E-state index in [1.54, 1.807) is 13.2 Å². The fourth-order valence-electron chi connectivity index (χ4n) is 2.13. The molecule has 2 aromatic heterocycles. The zero-order valence-electron chi connectivity index (χ0n) is 14.4. The molecule has 0 saturated heterocycles. The van der Waals surface area contributed by atoms with Gasteiger partial charge in [0.2, 0.25) is 5.82 Å². The van der Waals surface area contributed by atoms with Crippen LogP contribution in [0.2, 0.25) is 0 Å². The number of ether oxygens (including phenoxy) is 1. The number of nitrogens with zero attached hydrogens (tertiary/aromatic N) is 5. The Labute approximate surface area is 145 Å². The first-order valence-electron chi connectivity index (χ1n) is 7.86. The minimum atomic E-state index is 0.332. The maximum atomic E-state index is 5.29. The summed E-state index contributed by atoms with van der Waals surface area (Å²) in [6, 6.07) is 11.1. The van der Waals surface area contributed by atoms with Crippen LogP contribution in [0, 0.1) is 0 Å². The van der Waals surface area contributed by atoms with Crippen molar-refractivity contribution in [3.63, 3.8) is 0 Å². The van der Waals surface area contributed by atoms with Crippen molar-refractivity contribution in [2.75, 3.05) is 39.6 Å². The van der Waals surface area contributed by atoms with Crippen LogP contribution in [0.3, 0.4) is 0 Å². The van der Waals surface area contributed by atoms with Crippen LogP contribution in [0.1, 0.15) is 0 Å². The SMILES string of the molecule is COc1ccc(-c2noc(-c3ccc(NCCN(C)C)nn3)n2)cc1. The molecule has 2 heterocycles. The molecule has 25 heavy (non-hydrogen) atoms. The highest BCUT2D eigenvalue weighted by atomic mass is 16.5. The van der Waals surface area contributed by atoms with Crippen molar-refractivity contribution in [1.29, 1.82) is 0 Å². The van der Waals surface area contributed by atoms with E-state index in [4.69, 9.17) is 9.26 Å². The van der Waals surface area contributed by atoms with Crippen molar-refractivity contribution < 1.29 is 9.26 Å². The summed E-state index contributed by atoms with van der Waals surface area (Å²) < 4.78 is 10.4. The summed E-state index contributed by atoms with van der Waals surface area (Å²) in [7, 11) is 5.66. The number of hydrogen-bond acceptors (Lipinski definition) is 8. The standard InChI is InChI=1S/C17H20N6O2/c1-23(2)11-10-18-15-9-8-14(20-21-15)17-19-16(22-25-17)12-4-6-13(24-3)7-5-12/h4-9H,10-11H2,1-3H3,(H,18,21). The predicted molar refractivity (Wildman–Crippen MR) is 94.4 cm³/mol. The Morgan fingerprint density at radius 1 is 1.08 bits per heavy atom. The van der Waals surface area contributed by atoms with E-state index in [2.05, 4.69) is 30.6 Å². The summed E-state index contributed by atoms with van der Waals surface area (Å²) in [5.41, 5.74) is 1.37. The Hall–Kier alpha value is -3.00. The molecule has 0 radical (unpaired) electrons. The quantitative estimate of drug-likeness (QED) is 0.700. The highest BCUT2D eigenvalue weighted by Crippen LogP contribution is 2.22. The molecule has 130 valence electrons. The second kappa shape index (κ2) is 7.71. The minimum absolute atomic E-state index is 0.332. The van der Waals surface area contributed by atoms with Crippen LogP contribution in [0.25, 0.3) is 23.0 Å². The van der Waals surface area contributed by atoms with Gasteiger partial charge in [0.15, 0.2) is 5.69 Å². The van der Waals surface area contributed by atoms with E-state index in [0.717, 1.165) is 24.4 Å². The first kappa shape index (κ1) is 16.8.